The van der Waals surface area contributed by atoms with Gasteiger partial charge >= 0.3 is 0 Å². The summed E-state index contributed by atoms with van der Waals surface area (Å²) in [6.45, 7) is 6.38. The fourth-order valence-electron chi connectivity index (χ4n) is 3.76. The molecule has 0 aliphatic heterocycles. The third-order valence-electron chi connectivity index (χ3n) is 5.27. The molecular weight excluding hydrogens is 378 g/mol. The minimum absolute atomic E-state index is 0.131. The van der Waals surface area contributed by atoms with Gasteiger partial charge in [-0.15, -0.1) is 0 Å². The molecule has 3 aromatic rings. The molecule has 2 aromatic carbocycles. The lowest BCUT2D eigenvalue weighted by atomic mass is 10.1. The van der Waals surface area contributed by atoms with Crippen molar-refractivity contribution >= 4 is 5.69 Å². The molecule has 3 rings (SSSR count). The van der Waals surface area contributed by atoms with Gasteiger partial charge in [-0.1, -0.05) is 29.8 Å². The molecule has 158 valence electrons. The maximum absolute atomic E-state index is 10.9. The molecule has 0 aliphatic carbocycles. The number of methoxy groups -OCH3 is 1. The zero-order chi connectivity index (χ0) is 21.3. The van der Waals surface area contributed by atoms with Gasteiger partial charge in [0, 0.05) is 44.0 Å². The number of aromatic nitrogens is 1. The van der Waals surface area contributed by atoms with Crippen LogP contribution in [0.1, 0.15) is 28.8 Å². The van der Waals surface area contributed by atoms with Crippen molar-refractivity contribution in [2.24, 2.45) is 0 Å². The molecule has 30 heavy (non-hydrogen) atoms. The van der Waals surface area contributed by atoms with E-state index in [1.807, 2.05) is 12.1 Å². The molecule has 0 fully saturated rings. The lowest BCUT2D eigenvalue weighted by Crippen LogP contribution is -3.09. The van der Waals surface area contributed by atoms with Crippen LogP contribution in [0.3, 0.4) is 0 Å². The average Bonchev–Trinajstić information content (AvgIpc) is 3.15. The first-order valence-electron chi connectivity index (χ1n) is 10.3. The minimum atomic E-state index is -0.356. The summed E-state index contributed by atoms with van der Waals surface area (Å²) in [7, 11) is 1.73. The number of nitro benzene ring substituents is 1. The molecule has 1 aromatic heterocycles. The third-order valence-corrected chi connectivity index (χ3v) is 5.27. The van der Waals surface area contributed by atoms with Crippen LogP contribution < -0.4 is 4.90 Å². The minimum Gasteiger partial charge on any atom is -0.384 e. The maximum Gasteiger partial charge on any atom is 0.269 e. The summed E-state index contributed by atoms with van der Waals surface area (Å²) < 4.78 is 7.55. The predicted molar refractivity (Wildman–Crippen MR) is 118 cm³/mol. The number of ether oxygens (including phenoxy) is 1. The number of benzene rings is 2. The van der Waals surface area contributed by atoms with Gasteiger partial charge in [0.25, 0.3) is 5.69 Å². The number of nitrogens with zero attached hydrogens (tertiary/aromatic N) is 2. The lowest BCUT2D eigenvalue weighted by molar-refractivity contribution is -0.928. The van der Waals surface area contributed by atoms with Gasteiger partial charge in [-0.3, -0.25) is 10.1 Å². The number of quaternary nitrogens is 1. The molecule has 6 nitrogen and oxygen atoms in total. The zero-order valence-electron chi connectivity index (χ0n) is 17.7. The Morgan fingerprint density at radius 3 is 2.53 bits per heavy atom. The monoisotopic (exact) mass is 408 g/mol. The van der Waals surface area contributed by atoms with Crippen molar-refractivity contribution in [1.29, 1.82) is 0 Å². The van der Waals surface area contributed by atoms with E-state index in [1.165, 1.54) is 21.7 Å². The Morgan fingerprint density at radius 1 is 1.03 bits per heavy atom. The van der Waals surface area contributed by atoms with Crippen molar-refractivity contribution in [3.05, 3.63) is 99.4 Å². The maximum atomic E-state index is 10.9. The topological polar surface area (TPSA) is 61.7 Å². The molecule has 1 atom stereocenters. The van der Waals surface area contributed by atoms with E-state index >= 15 is 0 Å². The summed E-state index contributed by atoms with van der Waals surface area (Å²) >= 11 is 0. The fourth-order valence-corrected chi connectivity index (χ4v) is 3.76. The molecule has 0 saturated heterocycles. The summed E-state index contributed by atoms with van der Waals surface area (Å²) in [5, 5.41) is 10.9. The summed E-state index contributed by atoms with van der Waals surface area (Å²) in [6, 6.07) is 19.8. The highest BCUT2D eigenvalue weighted by molar-refractivity contribution is 5.32. The van der Waals surface area contributed by atoms with Crippen LogP contribution in [0.15, 0.2) is 66.9 Å². The highest BCUT2D eigenvalue weighted by Crippen LogP contribution is 2.12. The largest absolute Gasteiger partial charge is 0.384 e. The Balaban J connectivity index is 1.71. The van der Waals surface area contributed by atoms with E-state index in [0.29, 0.717) is 0 Å². The smallest absolute Gasteiger partial charge is 0.269 e. The first-order valence-corrected chi connectivity index (χ1v) is 10.3. The molecular formula is C24H30N3O3+. The van der Waals surface area contributed by atoms with Crippen LogP contribution in [0.4, 0.5) is 5.69 Å². The second kappa shape index (κ2) is 10.7. The van der Waals surface area contributed by atoms with E-state index in [-0.39, 0.29) is 10.6 Å². The highest BCUT2D eigenvalue weighted by Gasteiger charge is 2.15. The molecule has 0 aliphatic rings. The third kappa shape index (κ3) is 6.27. The Kier molecular flexibility index (Phi) is 7.76. The molecule has 1 N–H and O–H groups in total. The van der Waals surface area contributed by atoms with E-state index in [0.717, 1.165) is 44.8 Å². The van der Waals surface area contributed by atoms with Crippen molar-refractivity contribution in [1.82, 2.24) is 4.57 Å². The van der Waals surface area contributed by atoms with Crippen molar-refractivity contribution < 1.29 is 14.6 Å². The Labute approximate surface area is 177 Å². The standard InChI is InChI=1S/C24H29N3O3/c1-20-6-3-7-22(16-20)18-26-14-4-8-24(26)19-25(13-5-15-30-2)17-21-9-11-23(12-10-21)27(28)29/h3-4,6-12,14,16H,5,13,15,17-19H2,1-2H3/p+1. The Bertz CT molecular complexity index is 950. The Morgan fingerprint density at radius 2 is 1.83 bits per heavy atom. The second-order valence-corrected chi connectivity index (χ2v) is 7.74. The highest BCUT2D eigenvalue weighted by atomic mass is 16.6. The summed E-state index contributed by atoms with van der Waals surface area (Å²) in [5.41, 5.74) is 5.08. The van der Waals surface area contributed by atoms with Crippen molar-refractivity contribution in [3.8, 4) is 0 Å². The van der Waals surface area contributed by atoms with Gasteiger partial charge in [-0.05, 0) is 36.8 Å². The molecule has 6 heteroatoms. The van der Waals surface area contributed by atoms with Crippen LogP contribution in [0.25, 0.3) is 0 Å². The van der Waals surface area contributed by atoms with Crippen molar-refractivity contribution in [3.63, 3.8) is 0 Å². The number of nitro groups is 1. The molecule has 0 bridgehead atoms. The lowest BCUT2D eigenvalue weighted by Gasteiger charge is -2.21. The summed E-state index contributed by atoms with van der Waals surface area (Å²) in [5.74, 6) is 0. The first-order chi connectivity index (χ1) is 14.5. The molecule has 0 saturated carbocycles. The van der Waals surface area contributed by atoms with E-state index in [4.69, 9.17) is 4.74 Å². The quantitative estimate of drug-likeness (QED) is 0.301. The van der Waals surface area contributed by atoms with Gasteiger partial charge in [0.1, 0.15) is 13.1 Å². The summed E-state index contributed by atoms with van der Waals surface area (Å²) in [4.78, 5) is 12.0. The van der Waals surface area contributed by atoms with E-state index in [1.54, 1.807) is 19.2 Å². The van der Waals surface area contributed by atoms with E-state index < -0.39 is 0 Å². The second-order valence-electron chi connectivity index (χ2n) is 7.74. The van der Waals surface area contributed by atoms with Gasteiger partial charge in [-0.25, -0.2) is 0 Å². The number of rotatable bonds is 11. The number of non-ortho nitro benzene ring substituents is 1. The SMILES string of the molecule is COCCC[NH+](Cc1ccc([N+](=O)[O-])cc1)Cc1cccn1Cc1cccc(C)c1. The van der Waals surface area contributed by atoms with Crippen LogP contribution in [0.2, 0.25) is 0 Å². The van der Waals surface area contributed by atoms with Gasteiger partial charge in [0.2, 0.25) is 0 Å². The number of nitrogens with one attached hydrogen (secondary N) is 1. The van der Waals surface area contributed by atoms with Gasteiger partial charge in [0.05, 0.1) is 23.8 Å². The molecule has 1 heterocycles. The number of aryl methyl sites for hydroxylation is 1. The average molecular weight is 409 g/mol. The molecule has 1 unspecified atom stereocenters. The van der Waals surface area contributed by atoms with Crippen LogP contribution in [-0.2, 0) is 24.4 Å². The summed E-state index contributed by atoms with van der Waals surface area (Å²) in [6.07, 6.45) is 3.10. The van der Waals surface area contributed by atoms with Crippen LogP contribution >= 0.6 is 0 Å². The fraction of sp³-hybridized carbons (Fsp3) is 0.333. The molecule has 0 radical (unpaired) electrons. The normalized spacial score (nSPS) is 12.1. The first kappa shape index (κ1) is 21.7. The number of hydrogen-bond donors (Lipinski definition) is 1. The zero-order valence-corrected chi connectivity index (χ0v) is 17.7. The van der Waals surface area contributed by atoms with Crippen LogP contribution in [0.5, 0.6) is 0 Å². The van der Waals surface area contributed by atoms with Crippen LogP contribution in [0, 0.1) is 17.0 Å². The number of hydrogen-bond acceptors (Lipinski definition) is 3. The molecule has 0 spiro atoms. The van der Waals surface area contributed by atoms with Crippen LogP contribution in [-0.4, -0.2) is 29.8 Å². The van der Waals surface area contributed by atoms with Gasteiger partial charge in [-0.2, -0.15) is 0 Å². The van der Waals surface area contributed by atoms with Crippen molar-refractivity contribution in [2.75, 3.05) is 20.3 Å². The predicted octanol–water partition coefficient (Wildman–Crippen LogP) is 3.37. The van der Waals surface area contributed by atoms with Gasteiger partial charge in [0.15, 0.2) is 0 Å². The van der Waals surface area contributed by atoms with E-state index in [2.05, 4.69) is 54.1 Å². The van der Waals surface area contributed by atoms with Crippen molar-refractivity contribution in [2.45, 2.75) is 33.0 Å². The van der Waals surface area contributed by atoms with Gasteiger partial charge < -0.3 is 14.2 Å². The Hall–Kier alpha value is -2.96. The van der Waals surface area contributed by atoms with E-state index in [9.17, 15) is 10.1 Å². The molecule has 0 amide bonds.